The SMILES string of the molecule is O=C(Nc1cnccc1Cl)c1ccc(F)c(Br)c1. The van der Waals surface area contributed by atoms with Crippen LogP contribution in [-0.4, -0.2) is 10.9 Å². The normalized spacial score (nSPS) is 10.2. The Morgan fingerprint density at radius 3 is 2.83 bits per heavy atom. The molecular formula is C12H7BrClFN2O. The Morgan fingerprint density at radius 2 is 2.17 bits per heavy atom. The number of rotatable bonds is 2. The van der Waals surface area contributed by atoms with Crippen LogP contribution in [0.4, 0.5) is 10.1 Å². The predicted octanol–water partition coefficient (Wildman–Crippen LogP) is 3.89. The minimum atomic E-state index is -0.425. The molecule has 1 amide bonds. The molecule has 1 aromatic carbocycles. The Balaban J connectivity index is 2.22. The molecule has 0 aliphatic rings. The van der Waals surface area contributed by atoms with Gasteiger partial charge in [-0.2, -0.15) is 0 Å². The van der Waals surface area contributed by atoms with Gasteiger partial charge in [0.15, 0.2) is 0 Å². The van der Waals surface area contributed by atoms with Crippen molar-refractivity contribution < 1.29 is 9.18 Å². The van der Waals surface area contributed by atoms with Gasteiger partial charge in [0, 0.05) is 11.8 Å². The fourth-order valence-corrected chi connectivity index (χ4v) is 1.83. The largest absolute Gasteiger partial charge is 0.319 e. The van der Waals surface area contributed by atoms with E-state index >= 15 is 0 Å². The molecule has 0 atom stereocenters. The molecule has 18 heavy (non-hydrogen) atoms. The lowest BCUT2D eigenvalue weighted by atomic mass is 10.2. The Kier molecular flexibility index (Phi) is 3.93. The zero-order chi connectivity index (χ0) is 13.1. The highest BCUT2D eigenvalue weighted by Gasteiger charge is 2.10. The summed E-state index contributed by atoms with van der Waals surface area (Å²) < 4.78 is 13.3. The third-order valence-electron chi connectivity index (χ3n) is 2.20. The van der Waals surface area contributed by atoms with Gasteiger partial charge in [-0.05, 0) is 40.2 Å². The van der Waals surface area contributed by atoms with Gasteiger partial charge in [-0.1, -0.05) is 11.6 Å². The molecule has 0 unspecified atom stereocenters. The van der Waals surface area contributed by atoms with Gasteiger partial charge in [0.05, 0.1) is 21.4 Å². The van der Waals surface area contributed by atoms with Gasteiger partial charge in [0.2, 0.25) is 0 Å². The van der Waals surface area contributed by atoms with Crippen molar-refractivity contribution in [1.29, 1.82) is 0 Å². The topological polar surface area (TPSA) is 42.0 Å². The van der Waals surface area contributed by atoms with Crippen molar-refractivity contribution in [1.82, 2.24) is 4.98 Å². The van der Waals surface area contributed by atoms with Crippen LogP contribution < -0.4 is 5.32 Å². The monoisotopic (exact) mass is 328 g/mol. The van der Waals surface area contributed by atoms with Gasteiger partial charge in [-0.3, -0.25) is 9.78 Å². The number of carbonyl (C=O) groups is 1. The van der Waals surface area contributed by atoms with Crippen LogP contribution in [0.3, 0.4) is 0 Å². The van der Waals surface area contributed by atoms with E-state index in [-0.39, 0.29) is 10.4 Å². The highest BCUT2D eigenvalue weighted by atomic mass is 79.9. The van der Waals surface area contributed by atoms with Gasteiger partial charge >= 0.3 is 0 Å². The summed E-state index contributed by atoms with van der Waals surface area (Å²) in [6.45, 7) is 0. The molecule has 0 spiro atoms. The van der Waals surface area contributed by atoms with Crippen LogP contribution in [0.25, 0.3) is 0 Å². The van der Waals surface area contributed by atoms with E-state index in [1.165, 1.54) is 30.6 Å². The van der Waals surface area contributed by atoms with Crippen LogP contribution >= 0.6 is 27.5 Å². The number of benzene rings is 1. The number of halogens is 3. The Labute approximate surface area is 116 Å². The summed E-state index contributed by atoms with van der Waals surface area (Å²) in [6, 6.07) is 5.57. The molecule has 1 N–H and O–H groups in total. The summed E-state index contributed by atoms with van der Waals surface area (Å²) in [5.41, 5.74) is 0.729. The van der Waals surface area contributed by atoms with Crippen molar-refractivity contribution in [2.75, 3.05) is 5.32 Å². The van der Waals surface area contributed by atoms with E-state index < -0.39 is 5.82 Å². The zero-order valence-corrected chi connectivity index (χ0v) is 11.3. The average Bonchev–Trinajstić information content (AvgIpc) is 2.35. The van der Waals surface area contributed by atoms with E-state index in [9.17, 15) is 9.18 Å². The minimum Gasteiger partial charge on any atom is -0.319 e. The van der Waals surface area contributed by atoms with E-state index in [0.29, 0.717) is 16.3 Å². The van der Waals surface area contributed by atoms with Gasteiger partial charge in [0.25, 0.3) is 5.91 Å². The summed E-state index contributed by atoms with van der Waals surface area (Å²) in [5, 5.41) is 2.98. The van der Waals surface area contributed by atoms with Crippen LogP contribution in [0.2, 0.25) is 5.02 Å². The van der Waals surface area contributed by atoms with Gasteiger partial charge in [-0.25, -0.2) is 4.39 Å². The van der Waals surface area contributed by atoms with Crippen molar-refractivity contribution in [3.8, 4) is 0 Å². The number of hydrogen-bond acceptors (Lipinski definition) is 2. The second-order valence-corrected chi connectivity index (χ2v) is 4.70. The zero-order valence-electron chi connectivity index (χ0n) is 8.95. The molecule has 3 nitrogen and oxygen atoms in total. The number of aromatic nitrogens is 1. The van der Waals surface area contributed by atoms with E-state index in [4.69, 9.17) is 11.6 Å². The number of nitrogens with one attached hydrogen (secondary N) is 1. The Bertz CT molecular complexity index is 606. The molecular weight excluding hydrogens is 322 g/mol. The number of amides is 1. The molecule has 92 valence electrons. The summed E-state index contributed by atoms with van der Waals surface area (Å²) in [4.78, 5) is 15.7. The molecule has 0 radical (unpaired) electrons. The van der Waals surface area contributed by atoms with Gasteiger partial charge in [0.1, 0.15) is 5.82 Å². The van der Waals surface area contributed by atoms with E-state index in [2.05, 4.69) is 26.2 Å². The molecule has 0 aliphatic heterocycles. The standard InChI is InChI=1S/C12H7BrClFN2O/c13-8-5-7(1-2-10(8)15)12(18)17-11-6-16-4-3-9(11)14/h1-6H,(H,17,18). The predicted molar refractivity (Wildman–Crippen MR) is 71.3 cm³/mol. The first-order valence-corrected chi connectivity index (χ1v) is 6.11. The number of carbonyl (C=O) groups excluding carboxylic acids is 1. The molecule has 6 heteroatoms. The number of nitrogens with zero attached hydrogens (tertiary/aromatic N) is 1. The van der Waals surface area contributed by atoms with Crippen molar-refractivity contribution in [3.63, 3.8) is 0 Å². The number of hydrogen-bond donors (Lipinski definition) is 1. The van der Waals surface area contributed by atoms with Crippen molar-refractivity contribution in [3.05, 3.63) is 57.5 Å². The Hall–Kier alpha value is -1.46. The quantitative estimate of drug-likeness (QED) is 0.908. The van der Waals surface area contributed by atoms with Crippen LogP contribution in [0.15, 0.2) is 41.1 Å². The third kappa shape index (κ3) is 2.86. The highest BCUT2D eigenvalue weighted by molar-refractivity contribution is 9.10. The second-order valence-electron chi connectivity index (χ2n) is 3.44. The summed E-state index contributed by atoms with van der Waals surface area (Å²) in [6.07, 6.45) is 2.96. The third-order valence-corrected chi connectivity index (χ3v) is 3.14. The molecule has 2 aromatic rings. The fourth-order valence-electron chi connectivity index (χ4n) is 1.30. The van der Waals surface area contributed by atoms with Crippen molar-refractivity contribution in [2.45, 2.75) is 0 Å². The maximum absolute atomic E-state index is 13.0. The summed E-state index contributed by atoms with van der Waals surface area (Å²) >= 11 is 8.91. The molecule has 0 saturated carbocycles. The van der Waals surface area contributed by atoms with Gasteiger partial charge in [-0.15, -0.1) is 0 Å². The fraction of sp³-hybridized carbons (Fsp3) is 0. The lowest BCUT2D eigenvalue weighted by molar-refractivity contribution is 0.102. The highest BCUT2D eigenvalue weighted by Crippen LogP contribution is 2.21. The molecule has 0 saturated heterocycles. The Morgan fingerprint density at radius 1 is 1.39 bits per heavy atom. The van der Waals surface area contributed by atoms with Gasteiger partial charge < -0.3 is 5.32 Å². The van der Waals surface area contributed by atoms with Crippen molar-refractivity contribution in [2.24, 2.45) is 0 Å². The minimum absolute atomic E-state index is 0.229. The van der Waals surface area contributed by atoms with Crippen LogP contribution in [0.5, 0.6) is 0 Å². The first-order valence-electron chi connectivity index (χ1n) is 4.94. The summed E-state index contributed by atoms with van der Waals surface area (Å²) in [5.74, 6) is -0.809. The maximum atomic E-state index is 13.0. The van der Waals surface area contributed by atoms with Crippen LogP contribution in [-0.2, 0) is 0 Å². The first-order chi connectivity index (χ1) is 8.58. The number of anilines is 1. The second kappa shape index (κ2) is 5.46. The van der Waals surface area contributed by atoms with E-state index in [1.807, 2.05) is 0 Å². The molecule has 2 rings (SSSR count). The van der Waals surface area contributed by atoms with Crippen LogP contribution in [0.1, 0.15) is 10.4 Å². The molecule has 1 heterocycles. The smallest absolute Gasteiger partial charge is 0.255 e. The van der Waals surface area contributed by atoms with E-state index in [1.54, 1.807) is 6.07 Å². The lowest BCUT2D eigenvalue weighted by Crippen LogP contribution is -2.12. The average molecular weight is 330 g/mol. The van der Waals surface area contributed by atoms with Crippen molar-refractivity contribution >= 4 is 39.1 Å². The molecule has 0 aliphatic carbocycles. The summed E-state index contributed by atoms with van der Waals surface area (Å²) in [7, 11) is 0. The molecule has 0 bridgehead atoms. The maximum Gasteiger partial charge on any atom is 0.255 e. The molecule has 0 fully saturated rings. The number of pyridine rings is 1. The lowest BCUT2D eigenvalue weighted by Gasteiger charge is -2.06. The first kappa shape index (κ1) is 13.0. The van der Waals surface area contributed by atoms with Crippen LogP contribution in [0, 0.1) is 5.82 Å². The molecule has 1 aromatic heterocycles. The van der Waals surface area contributed by atoms with E-state index in [0.717, 1.165) is 0 Å².